The molecule has 0 bridgehead atoms. The lowest BCUT2D eigenvalue weighted by atomic mass is 10.2. The fraction of sp³-hybridized carbons (Fsp3) is 0. The molecule has 1 N–H and O–H groups in total. The summed E-state index contributed by atoms with van der Waals surface area (Å²) in [6.45, 7) is 0. The number of anilines is 2. The van der Waals surface area contributed by atoms with Crippen molar-refractivity contribution in [3.05, 3.63) is 94.5 Å². The Morgan fingerprint density at radius 2 is 1.66 bits per heavy atom. The maximum absolute atomic E-state index is 12.8. The molecule has 4 aromatic rings. The summed E-state index contributed by atoms with van der Waals surface area (Å²) in [5.74, 6) is 0. The van der Waals surface area contributed by atoms with Crippen LogP contribution in [-0.4, -0.2) is 10.1 Å². The van der Waals surface area contributed by atoms with E-state index in [-0.39, 0.29) is 5.12 Å². The molecule has 29 heavy (non-hydrogen) atoms. The number of rotatable bonds is 5. The number of nitrogens with one attached hydrogen (secondary N) is 1. The topological polar surface area (TPSA) is 42.0 Å². The number of benzene rings is 3. The summed E-state index contributed by atoms with van der Waals surface area (Å²) in [7, 11) is 0. The number of thiazole rings is 1. The van der Waals surface area contributed by atoms with Gasteiger partial charge in [-0.25, -0.2) is 4.98 Å². The number of aromatic nitrogens is 1. The summed E-state index contributed by atoms with van der Waals surface area (Å²) in [4.78, 5) is 17.5. The summed E-state index contributed by atoms with van der Waals surface area (Å²) < 4.78 is 0. The van der Waals surface area contributed by atoms with Gasteiger partial charge >= 0.3 is 0 Å². The van der Waals surface area contributed by atoms with Gasteiger partial charge in [0.1, 0.15) is 15.0 Å². The SMILES string of the molecule is O=C(Sc1nc(-c2ccc(Cl)cc2)sc1Nc1ccccc1)c1cccc(Cl)c1. The number of hydrogen-bond acceptors (Lipinski definition) is 5. The van der Waals surface area contributed by atoms with Crippen LogP contribution in [0.15, 0.2) is 83.9 Å². The van der Waals surface area contributed by atoms with Crippen molar-refractivity contribution in [3.8, 4) is 10.6 Å². The minimum absolute atomic E-state index is 0.114. The molecule has 0 spiro atoms. The maximum Gasteiger partial charge on any atom is 0.225 e. The van der Waals surface area contributed by atoms with E-state index in [4.69, 9.17) is 28.2 Å². The minimum Gasteiger partial charge on any atom is -0.345 e. The van der Waals surface area contributed by atoms with E-state index >= 15 is 0 Å². The van der Waals surface area contributed by atoms with Crippen LogP contribution in [0, 0.1) is 0 Å². The third-order valence-corrected chi connectivity index (χ3v) is 6.51. The molecule has 0 unspecified atom stereocenters. The maximum atomic E-state index is 12.8. The molecule has 4 rings (SSSR count). The first-order chi connectivity index (χ1) is 14.1. The number of carbonyl (C=O) groups excluding carboxylic acids is 1. The summed E-state index contributed by atoms with van der Waals surface area (Å²) >= 11 is 14.6. The Morgan fingerprint density at radius 3 is 2.38 bits per heavy atom. The molecular weight excluding hydrogens is 443 g/mol. The van der Waals surface area contributed by atoms with Gasteiger partial charge in [0, 0.05) is 26.9 Å². The van der Waals surface area contributed by atoms with Crippen molar-refractivity contribution in [1.29, 1.82) is 0 Å². The van der Waals surface area contributed by atoms with E-state index in [0.717, 1.165) is 33.0 Å². The average molecular weight is 457 g/mol. The van der Waals surface area contributed by atoms with Crippen molar-refractivity contribution >= 4 is 62.1 Å². The zero-order valence-corrected chi connectivity index (χ0v) is 18.1. The van der Waals surface area contributed by atoms with E-state index in [1.165, 1.54) is 11.3 Å². The first-order valence-corrected chi connectivity index (χ1v) is 11.0. The molecule has 1 heterocycles. The highest BCUT2D eigenvalue weighted by Gasteiger charge is 2.18. The number of halogens is 2. The van der Waals surface area contributed by atoms with Crippen LogP contribution in [0.5, 0.6) is 0 Å². The van der Waals surface area contributed by atoms with Gasteiger partial charge in [0.2, 0.25) is 5.12 Å². The Morgan fingerprint density at radius 1 is 0.897 bits per heavy atom. The van der Waals surface area contributed by atoms with E-state index in [2.05, 4.69) is 5.32 Å². The smallest absolute Gasteiger partial charge is 0.225 e. The molecule has 0 aliphatic carbocycles. The van der Waals surface area contributed by atoms with Gasteiger partial charge in [0.05, 0.1) is 0 Å². The molecule has 0 aliphatic rings. The molecule has 0 fully saturated rings. The van der Waals surface area contributed by atoms with E-state index in [0.29, 0.717) is 20.6 Å². The average Bonchev–Trinajstić information content (AvgIpc) is 3.11. The third kappa shape index (κ3) is 5.00. The number of para-hydroxylation sites is 1. The molecule has 0 saturated carbocycles. The van der Waals surface area contributed by atoms with Crippen molar-refractivity contribution in [2.75, 3.05) is 5.32 Å². The molecule has 0 aliphatic heterocycles. The van der Waals surface area contributed by atoms with E-state index in [9.17, 15) is 4.79 Å². The molecule has 3 nitrogen and oxygen atoms in total. The molecule has 0 radical (unpaired) electrons. The van der Waals surface area contributed by atoms with Gasteiger partial charge in [-0.2, -0.15) is 0 Å². The third-order valence-electron chi connectivity index (χ3n) is 3.97. The fourth-order valence-corrected chi connectivity index (χ4v) is 4.80. The first kappa shape index (κ1) is 20.0. The quantitative estimate of drug-likeness (QED) is 0.311. The van der Waals surface area contributed by atoms with Crippen LogP contribution in [0.1, 0.15) is 10.4 Å². The van der Waals surface area contributed by atoms with Crippen LogP contribution in [0.2, 0.25) is 10.0 Å². The zero-order chi connectivity index (χ0) is 20.2. The fourth-order valence-electron chi connectivity index (χ4n) is 2.59. The zero-order valence-electron chi connectivity index (χ0n) is 14.9. The van der Waals surface area contributed by atoms with E-state index in [1.54, 1.807) is 24.3 Å². The number of thioether (sulfide) groups is 1. The van der Waals surface area contributed by atoms with Crippen LogP contribution in [0.4, 0.5) is 10.7 Å². The van der Waals surface area contributed by atoms with Crippen LogP contribution >= 0.6 is 46.3 Å². The van der Waals surface area contributed by atoms with Crippen molar-refractivity contribution < 1.29 is 4.79 Å². The largest absolute Gasteiger partial charge is 0.345 e. The van der Waals surface area contributed by atoms with E-state index < -0.39 is 0 Å². The molecular formula is C22H14Cl2N2OS2. The van der Waals surface area contributed by atoms with Gasteiger partial charge < -0.3 is 5.32 Å². The highest BCUT2D eigenvalue weighted by molar-refractivity contribution is 8.14. The monoisotopic (exact) mass is 456 g/mol. The second-order valence-electron chi connectivity index (χ2n) is 6.05. The summed E-state index contributed by atoms with van der Waals surface area (Å²) in [5, 5.41) is 6.68. The second-order valence-corrected chi connectivity index (χ2v) is 8.88. The number of hydrogen-bond donors (Lipinski definition) is 1. The molecule has 0 saturated heterocycles. The number of carbonyl (C=O) groups is 1. The van der Waals surface area contributed by atoms with Crippen LogP contribution in [0.3, 0.4) is 0 Å². The Hall–Kier alpha value is -2.31. The molecule has 0 amide bonds. The Kier molecular flexibility index (Phi) is 6.21. The lowest BCUT2D eigenvalue weighted by molar-refractivity contribution is 0.108. The van der Waals surface area contributed by atoms with Gasteiger partial charge in [-0.3, -0.25) is 4.79 Å². The van der Waals surface area contributed by atoms with Crippen molar-refractivity contribution in [3.63, 3.8) is 0 Å². The predicted molar refractivity (Wildman–Crippen MR) is 124 cm³/mol. The van der Waals surface area contributed by atoms with Gasteiger partial charge in [-0.05, 0) is 48.2 Å². The first-order valence-electron chi connectivity index (χ1n) is 8.65. The van der Waals surface area contributed by atoms with E-state index in [1.807, 2.05) is 54.6 Å². The Balaban J connectivity index is 1.68. The van der Waals surface area contributed by atoms with Crippen LogP contribution in [-0.2, 0) is 0 Å². The molecule has 7 heteroatoms. The molecule has 144 valence electrons. The second kappa shape index (κ2) is 9.01. The highest BCUT2D eigenvalue weighted by atomic mass is 35.5. The highest BCUT2D eigenvalue weighted by Crippen LogP contribution is 2.40. The molecule has 0 atom stereocenters. The Labute approximate surface area is 186 Å². The summed E-state index contributed by atoms with van der Waals surface area (Å²) in [5.41, 5.74) is 2.41. The van der Waals surface area contributed by atoms with Crippen molar-refractivity contribution in [1.82, 2.24) is 4.98 Å². The number of nitrogens with zero attached hydrogens (tertiary/aromatic N) is 1. The predicted octanol–water partition coefficient (Wildman–Crippen LogP) is 7.79. The van der Waals surface area contributed by atoms with Crippen molar-refractivity contribution in [2.24, 2.45) is 0 Å². The van der Waals surface area contributed by atoms with Gasteiger partial charge in [0.25, 0.3) is 0 Å². The standard InChI is InChI=1S/C22H14Cl2N2OS2/c23-16-11-9-14(10-12-16)19-26-21(20(28-19)25-18-7-2-1-3-8-18)29-22(27)15-5-4-6-17(24)13-15/h1-13,25H. The summed E-state index contributed by atoms with van der Waals surface area (Å²) in [6, 6.07) is 24.2. The minimum atomic E-state index is -0.114. The lowest BCUT2D eigenvalue weighted by Gasteiger charge is -2.05. The summed E-state index contributed by atoms with van der Waals surface area (Å²) in [6.07, 6.45) is 0. The molecule has 1 aromatic heterocycles. The van der Waals surface area contributed by atoms with Crippen LogP contribution < -0.4 is 5.32 Å². The van der Waals surface area contributed by atoms with Crippen LogP contribution in [0.25, 0.3) is 10.6 Å². The normalized spacial score (nSPS) is 10.7. The Bertz CT molecular complexity index is 1150. The van der Waals surface area contributed by atoms with Crippen molar-refractivity contribution in [2.45, 2.75) is 5.03 Å². The van der Waals surface area contributed by atoms with Gasteiger partial charge in [-0.1, -0.05) is 77.0 Å². The van der Waals surface area contributed by atoms with Gasteiger partial charge in [-0.15, -0.1) is 0 Å². The lowest BCUT2D eigenvalue weighted by Crippen LogP contribution is -1.95. The van der Waals surface area contributed by atoms with Gasteiger partial charge in [0.15, 0.2) is 0 Å². The molecule has 3 aromatic carbocycles.